The van der Waals surface area contributed by atoms with Crippen LogP contribution < -0.4 is 20.3 Å². The van der Waals surface area contributed by atoms with E-state index in [0.717, 1.165) is 49.7 Å². The molecule has 2 fully saturated rings. The summed E-state index contributed by atoms with van der Waals surface area (Å²) in [6.45, 7) is 8.92. The number of aryl methyl sites for hydroxylation is 1. The molecule has 2 aromatic heterocycles. The van der Waals surface area contributed by atoms with E-state index in [1.165, 1.54) is 5.56 Å². The fraction of sp³-hybridized carbons (Fsp3) is 0.419. The number of pyridine rings is 2. The minimum Gasteiger partial charge on any atom is -0.485 e. The van der Waals surface area contributed by atoms with Crippen LogP contribution in [0.15, 0.2) is 60.9 Å². The SMILES string of the molecule is CCc1cccc(NC(=O)N2CCN(c3ncccc3OCc3ccnc(NC(=O)CN4CCN(C)CC4)c3)CC2)c1. The molecule has 2 N–H and O–H groups in total. The lowest BCUT2D eigenvalue weighted by atomic mass is 10.1. The van der Waals surface area contributed by atoms with E-state index in [2.05, 4.69) is 55.3 Å². The zero-order chi connectivity index (χ0) is 29.3. The minimum absolute atomic E-state index is 0.0676. The highest BCUT2D eigenvalue weighted by atomic mass is 16.5. The number of piperazine rings is 2. The molecule has 11 heteroatoms. The van der Waals surface area contributed by atoms with Crippen LogP contribution in [0.1, 0.15) is 18.1 Å². The number of hydrogen-bond acceptors (Lipinski definition) is 8. The predicted octanol–water partition coefficient (Wildman–Crippen LogP) is 3.16. The topological polar surface area (TPSA) is 106 Å². The minimum atomic E-state index is -0.0930. The number of hydrogen-bond donors (Lipinski definition) is 2. The second kappa shape index (κ2) is 14.1. The van der Waals surface area contributed by atoms with Crippen LogP contribution in [0.3, 0.4) is 0 Å². The lowest BCUT2D eigenvalue weighted by molar-refractivity contribution is -0.117. The number of anilines is 3. The number of nitrogens with one attached hydrogen (secondary N) is 2. The molecule has 3 amide bonds. The number of urea groups is 1. The summed E-state index contributed by atoms with van der Waals surface area (Å²) >= 11 is 0. The number of benzene rings is 1. The van der Waals surface area contributed by atoms with Gasteiger partial charge in [-0.25, -0.2) is 14.8 Å². The molecule has 0 aliphatic carbocycles. The lowest BCUT2D eigenvalue weighted by Gasteiger charge is -2.35. The van der Waals surface area contributed by atoms with Crippen LogP contribution in [0, 0.1) is 0 Å². The number of aromatic nitrogens is 2. The van der Waals surface area contributed by atoms with Crippen molar-refractivity contribution in [3.63, 3.8) is 0 Å². The molecule has 2 saturated heterocycles. The Balaban J connectivity index is 1.12. The number of likely N-dealkylation sites (N-methyl/N-ethyl adjacent to an activating group) is 1. The number of carbonyl (C=O) groups is 2. The van der Waals surface area contributed by atoms with Crippen molar-refractivity contribution in [3.05, 3.63) is 72.1 Å². The van der Waals surface area contributed by atoms with Gasteiger partial charge in [0.05, 0.1) is 6.54 Å². The van der Waals surface area contributed by atoms with Crippen LogP contribution in [0.4, 0.5) is 22.1 Å². The van der Waals surface area contributed by atoms with Crippen molar-refractivity contribution in [2.45, 2.75) is 20.0 Å². The van der Waals surface area contributed by atoms with E-state index in [1.807, 2.05) is 47.4 Å². The molecule has 0 bridgehead atoms. The second-order valence-corrected chi connectivity index (χ2v) is 10.7. The molecule has 5 rings (SSSR count). The van der Waals surface area contributed by atoms with Gasteiger partial charge in [-0.2, -0.15) is 0 Å². The molecule has 0 unspecified atom stereocenters. The first-order valence-corrected chi connectivity index (χ1v) is 14.6. The molecule has 0 atom stereocenters. The van der Waals surface area contributed by atoms with Gasteiger partial charge < -0.3 is 30.1 Å². The summed E-state index contributed by atoms with van der Waals surface area (Å²) in [7, 11) is 2.10. The Morgan fingerprint density at radius 1 is 0.857 bits per heavy atom. The van der Waals surface area contributed by atoms with Crippen LogP contribution in [0.2, 0.25) is 0 Å². The summed E-state index contributed by atoms with van der Waals surface area (Å²) in [5.41, 5.74) is 2.90. The Bertz CT molecular complexity index is 1350. The van der Waals surface area contributed by atoms with Gasteiger partial charge >= 0.3 is 6.03 Å². The third-order valence-corrected chi connectivity index (χ3v) is 7.65. The summed E-state index contributed by atoms with van der Waals surface area (Å²) in [5.74, 6) is 1.87. The van der Waals surface area contributed by atoms with Gasteiger partial charge in [0.25, 0.3) is 0 Å². The zero-order valence-electron chi connectivity index (χ0n) is 24.5. The maximum atomic E-state index is 12.9. The molecule has 11 nitrogen and oxygen atoms in total. The normalized spacial score (nSPS) is 16.2. The fourth-order valence-corrected chi connectivity index (χ4v) is 5.11. The van der Waals surface area contributed by atoms with Crippen LogP contribution >= 0.6 is 0 Å². The van der Waals surface area contributed by atoms with E-state index in [1.54, 1.807) is 12.4 Å². The average Bonchev–Trinajstić information content (AvgIpc) is 3.01. The monoisotopic (exact) mass is 572 g/mol. The third-order valence-electron chi connectivity index (χ3n) is 7.65. The first-order chi connectivity index (χ1) is 20.5. The molecule has 4 heterocycles. The van der Waals surface area contributed by atoms with Gasteiger partial charge in [0, 0.05) is 70.4 Å². The summed E-state index contributed by atoms with van der Waals surface area (Å²) in [6.07, 6.45) is 4.35. The van der Waals surface area contributed by atoms with Crippen molar-refractivity contribution in [1.82, 2.24) is 24.7 Å². The molecule has 42 heavy (non-hydrogen) atoms. The molecule has 0 saturated carbocycles. The fourth-order valence-electron chi connectivity index (χ4n) is 5.11. The van der Waals surface area contributed by atoms with E-state index in [0.29, 0.717) is 50.9 Å². The van der Waals surface area contributed by atoms with Crippen molar-refractivity contribution in [2.24, 2.45) is 0 Å². The average molecular weight is 573 g/mol. The van der Waals surface area contributed by atoms with Crippen molar-refractivity contribution in [3.8, 4) is 5.75 Å². The van der Waals surface area contributed by atoms with E-state index >= 15 is 0 Å². The maximum absolute atomic E-state index is 12.9. The standard InChI is InChI=1S/C31H40N8O3/c1-3-24-6-4-7-26(20-24)34-31(41)39-18-16-38(17-19-39)30-27(8-5-10-33-30)42-23-25-9-11-32-28(21-25)35-29(40)22-37-14-12-36(2)13-15-37/h4-11,20-21H,3,12-19,22-23H2,1-2H3,(H,34,41)(H,32,35,40). The number of carbonyl (C=O) groups excluding carboxylic acids is 2. The Labute approximate surface area is 247 Å². The molecule has 3 aromatic rings. The Morgan fingerprint density at radius 2 is 1.67 bits per heavy atom. The predicted molar refractivity (Wildman–Crippen MR) is 164 cm³/mol. The van der Waals surface area contributed by atoms with Gasteiger partial charge in [0.2, 0.25) is 5.91 Å². The summed E-state index contributed by atoms with van der Waals surface area (Å²) in [4.78, 5) is 42.7. The van der Waals surface area contributed by atoms with E-state index in [-0.39, 0.29) is 11.9 Å². The summed E-state index contributed by atoms with van der Waals surface area (Å²) < 4.78 is 6.19. The Kier molecular flexibility index (Phi) is 9.83. The molecule has 2 aliphatic heterocycles. The molecule has 0 radical (unpaired) electrons. The largest absolute Gasteiger partial charge is 0.485 e. The summed E-state index contributed by atoms with van der Waals surface area (Å²) in [5, 5.41) is 5.94. The lowest BCUT2D eigenvalue weighted by Crippen LogP contribution is -2.50. The van der Waals surface area contributed by atoms with Crippen molar-refractivity contribution < 1.29 is 14.3 Å². The van der Waals surface area contributed by atoms with Gasteiger partial charge in [-0.3, -0.25) is 9.69 Å². The molecular formula is C31H40N8O3. The molecule has 1 aromatic carbocycles. The molecular weight excluding hydrogens is 532 g/mol. The highest BCUT2D eigenvalue weighted by Gasteiger charge is 2.24. The van der Waals surface area contributed by atoms with Crippen LogP contribution in [0.5, 0.6) is 5.75 Å². The number of rotatable bonds is 9. The van der Waals surface area contributed by atoms with Gasteiger partial charge in [0.15, 0.2) is 11.6 Å². The first-order valence-electron chi connectivity index (χ1n) is 14.6. The van der Waals surface area contributed by atoms with Gasteiger partial charge in [-0.15, -0.1) is 0 Å². The van der Waals surface area contributed by atoms with Crippen molar-refractivity contribution in [2.75, 3.05) is 81.5 Å². The third kappa shape index (κ3) is 7.95. The summed E-state index contributed by atoms with van der Waals surface area (Å²) in [6, 6.07) is 15.3. The Morgan fingerprint density at radius 3 is 2.45 bits per heavy atom. The number of ether oxygens (including phenoxy) is 1. The highest BCUT2D eigenvalue weighted by molar-refractivity contribution is 5.91. The van der Waals surface area contributed by atoms with Crippen LogP contribution in [-0.2, 0) is 17.8 Å². The van der Waals surface area contributed by atoms with Gasteiger partial charge in [-0.05, 0) is 61.0 Å². The maximum Gasteiger partial charge on any atom is 0.321 e. The molecule has 0 spiro atoms. The van der Waals surface area contributed by atoms with Crippen LogP contribution in [-0.4, -0.2) is 103 Å². The van der Waals surface area contributed by atoms with Crippen molar-refractivity contribution >= 4 is 29.3 Å². The quantitative estimate of drug-likeness (QED) is 0.403. The highest BCUT2D eigenvalue weighted by Crippen LogP contribution is 2.27. The van der Waals surface area contributed by atoms with E-state index in [4.69, 9.17) is 4.74 Å². The van der Waals surface area contributed by atoms with Crippen molar-refractivity contribution in [1.29, 1.82) is 0 Å². The first kappa shape index (κ1) is 29.3. The van der Waals surface area contributed by atoms with Gasteiger partial charge in [0.1, 0.15) is 12.4 Å². The smallest absolute Gasteiger partial charge is 0.321 e. The Hall–Kier alpha value is -4.22. The zero-order valence-corrected chi connectivity index (χ0v) is 24.5. The van der Waals surface area contributed by atoms with E-state index < -0.39 is 0 Å². The second-order valence-electron chi connectivity index (χ2n) is 10.7. The van der Waals surface area contributed by atoms with Crippen LogP contribution in [0.25, 0.3) is 0 Å². The number of amides is 3. The molecule has 222 valence electrons. The van der Waals surface area contributed by atoms with Gasteiger partial charge in [-0.1, -0.05) is 19.1 Å². The van der Waals surface area contributed by atoms with E-state index in [9.17, 15) is 9.59 Å². The number of nitrogens with zero attached hydrogens (tertiary/aromatic N) is 6. The molecule has 2 aliphatic rings.